The first-order valence-electron chi connectivity index (χ1n) is 9.13. The summed E-state index contributed by atoms with van der Waals surface area (Å²) < 4.78 is 36.8. The van der Waals surface area contributed by atoms with Crippen LogP contribution in [0.25, 0.3) is 0 Å². The number of hydrogen-bond acceptors (Lipinski definition) is 6. The molecule has 1 heterocycles. The lowest BCUT2D eigenvalue weighted by molar-refractivity contribution is 0.104. The highest BCUT2D eigenvalue weighted by molar-refractivity contribution is 7.96. The lowest BCUT2D eigenvalue weighted by Crippen LogP contribution is -2.25. The number of sulfone groups is 1. The molecule has 0 aliphatic carbocycles. The maximum atomic E-state index is 13.3. The predicted octanol–water partition coefficient (Wildman–Crippen LogP) is 4.35. The van der Waals surface area contributed by atoms with Crippen LogP contribution < -0.4 is 14.4 Å². The van der Waals surface area contributed by atoms with Crippen LogP contribution in [0.2, 0.25) is 0 Å². The van der Waals surface area contributed by atoms with Gasteiger partial charge < -0.3 is 14.4 Å². The van der Waals surface area contributed by atoms with Gasteiger partial charge in [0.1, 0.15) is 16.4 Å². The van der Waals surface area contributed by atoms with Crippen LogP contribution in [-0.2, 0) is 9.84 Å². The molecule has 4 rings (SSSR count). The maximum absolute atomic E-state index is 13.3. The van der Waals surface area contributed by atoms with Crippen LogP contribution in [0.15, 0.2) is 88.8 Å². The molecule has 0 radical (unpaired) electrons. The number of methoxy groups -OCH3 is 2. The quantitative estimate of drug-likeness (QED) is 0.570. The highest BCUT2D eigenvalue weighted by Crippen LogP contribution is 2.40. The van der Waals surface area contributed by atoms with Crippen molar-refractivity contribution in [2.75, 3.05) is 19.1 Å². The van der Waals surface area contributed by atoms with Crippen molar-refractivity contribution < 1.29 is 22.7 Å². The Hall–Kier alpha value is -3.58. The Morgan fingerprint density at radius 3 is 1.97 bits per heavy atom. The molecule has 0 bridgehead atoms. The zero-order valence-electron chi connectivity index (χ0n) is 16.4. The number of fused-ring (bicyclic) bond motifs is 1. The van der Waals surface area contributed by atoms with Crippen molar-refractivity contribution in [1.29, 1.82) is 0 Å². The van der Waals surface area contributed by atoms with Crippen molar-refractivity contribution in [3.8, 4) is 11.5 Å². The fraction of sp³-hybridized carbons (Fsp3) is 0.0870. The van der Waals surface area contributed by atoms with Gasteiger partial charge in [0.05, 0.1) is 24.8 Å². The van der Waals surface area contributed by atoms with Crippen LogP contribution in [-0.4, -0.2) is 28.4 Å². The third-order valence-corrected chi connectivity index (χ3v) is 6.67. The second kappa shape index (κ2) is 7.68. The Morgan fingerprint density at radius 2 is 1.37 bits per heavy atom. The van der Waals surface area contributed by atoms with Crippen molar-refractivity contribution in [3.63, 3.8) is 0 Å². The smallest absolute Gasteiger partial charge is 0.214 e. The molecule has 1 aliphatic heterocycles. The zero-order chi connectivity index (χ0) is 21.3. The summed E-state index contributed by atoms with van der Waals surface area (Å²) in [5, 5.41) is 0. The van der Waals surface area contributed by atoms with E-state index in [1.807, 2.05) is 0 Å². The highest BCUT2D eigenvalue weighted by Gasteiger charge is 2.36. The summed E-state index contributed by atoms with van der Waals surface area (Å²) >= 11 is 0. The van der Waals surface area contributed by atoms with E-state index < -0.39 is 15.6 Å². The number of hydrogen-bond donors (Lipinski definition) is 0. The van der Waals surface area contributed by atoms with Crippen LogP contribution >= 0.6 is 0 Å². The second-order valence-electron chi connectivity index (χ2n) is 6.59. The van der Waals surface area contributed by atoms with Crippen molar-refractivity contribution in [2.24, 2.45) is 0 Å². The van der Waals surface area contributed by atoms with Crippen LogP contribution in [0.3, 0.4) is 0 Å². The third-order valence-electron chi connectivity index (χ3n) is 4.88. The molecule has 0 aromatic heterocycles. The van der Waals surface area contributed by atoms with E-state index in [0.29, 0.717) is 22.9 Å². The van der Waals surface area contributed by atoms with Gasteiger partial charge in [0, 0.05) is 17.5 Å². The molecule has 0 amide bonds. The first-order valence-corrected chi connectivity index (χ1v) is 10.6. The molecule has 3 aromatic carbocycles. The SMILES string of the molecule is COc1ccc(C(=O)C2=CN(c3ccc(OC)cc3)c3ccccc3S2(=O)=O)cc1. The van der Waals surface area contributed by atoms with Gasteiger partial charge in [-0.2, -0.15) is 0 Å². The minimum Gasteiger partial charge on any atom is -0.497 e. The fourth-order valence-electron chi connectivity index (χ4n) is 3.28. The molecule has 7 heteroatoms. The molecule has 3 aromatic rings. The van der Waals surface area contributed by atoms with Crippen molar-refractivity contribution in [3.05, 3.63) is 89.5 Å². The van der Waals surface area contributed by atoms with Gasteiger partial charge in [0.25, 0.3) is 0 Å². The van der Waals surface area contributed by atoms with Crippen LogP contribution in [0, 0.1) is 0 Å². The van der Waals surface area contributed by atoms with Crippen molar-refractivity contribution in [2.45, 2.75) is 4.90 Å². The van der Waals surface area contributed by atoms with E-state index in [1.54, 1.807) is 78.7 Å². The highest BCUT2D eigenvalue weighted by atomic mass is 32.2. The monoisotopic (exact) mass is 421 g/mol. The summed E-state index contributed by atoms with van der Waals surface area (Å²) in [5.74, 6) is 0.679. The van der Waals surface area contributed by atoms with Crippen molar-refractivity contribution >= 4 is 27.0 Å². The van der Waals surface area contributed by atoms with Gasteiger partial charge in [-0.15, -0.1) is 0 Å². The molecular formula is C23H19NO5S. The Kier molecular flexibility index (Phi) is 5.05. The molecule has 0 saturated carbocycles. The standard InChI is InChI=1S/C23H19NO5S/c1-28-18-11-7-16(8-12-18)23(25)22-15-24(17-9-13-19(29-2)14-10-17)20-5-3-4-6-21(20)30(22,26)27/h3-15H,1-2H3. The van der Waals surface area contributed by atoms with E-state index in [9.17, 15) is 13.2 Å². The van der Waals surface area contributed by atoms with E-state index in [4.69, 9.17) is 9.47 Å². The molecular weight excluding hydrogens is 402 g/mol. The maximum Gasteiger partial charge on any atom is 0.214 e. The van der Waals surface area contributed by atoms with Gasteiger partial charge in [0.15, 0.2) is 0 Å². The molecule has 30 heavy (non-hydrogen) atoms. The van der Waals surface area contributed by atoms with Crippen LogP contribution in [0.4, 0.5) is 11.4 Å². The molecule has 0 atom stereocenters. The van der Waals surface area contributed by atoms with E-state index in [-0.39, 0.29) is 15.4 Å². The van der Waals surface area contributed by atoms with E-state index in [1.165, 1.54) is 19.4 Å². The van der Waals surface area contributed by atoms with Gasteiger partial charge in [-0.3, -0.25) is 4.79 Å². The topological polar surface area (TPSA) is 72.9 Å². The summed E-state index contributed by atoms with van der Waals surface area (Å²) in [6.45, 7) is 0. The first kappa shape index (κ1) is 19.7. The number of para-hydroxylation sites is 1. The molecule has 152 valence electrons. The van der Waals surface area contributed by atoms with Gasteiger partial charge in [-0.05, 0) is 60.7 Å². The van der Waals surface area contributed by atoms with E-state index in [2.05, 4.69) is 0 Å². The number of carbonyl (C=O) groups excluding carboxylic acids is 1. The minimum absolute atomic E-state index is 0.0835. The molecule has 1 aliphatic rings. The molecule has 6 nitrogen and oxygen atoms in total. The summed E-state index contributed by atoms with van der Waals surface area (Å²) in [4.78, 5) is 14.7. The van der Waals surface area contributed by atoms with Crippen LogP contribution in [0.1, 0.15) is 10.4 Å². The number of anilines is 2. The summed E-state index contributed by atoms with van der Waals surface area (Å²) in [6.07, 6.45) is 1.38. The Bertz CT molecular complexity index is 1230. The number of allylic oxidation sites excluding steroid dienone is 1. The average Bonchev–Trinajstić information content (AvgIpc) is 2.79. The van der Waals surface area contributed by atoms with Crippen LogP contribution in [0.5, 0.6) is 11.5 Å². The molecule has 0 fully saturated rings. The number of benzene rings is 3. The normalized spacial score (nSPS) is 14.5. The van der Waals surface area contributed by atoms with Gasteiger partial charge in [-0.1, -0.05) is 12.1 Å². The zero-order valence-corrected chi connectivity index (χ0v) is 17.2. The second-order valence-corrected chi connectivity index (χ2v) is 8.48. The molecule has 0 N–H and O–H groups in total. The van der Waals surface area contributed by atoms with E-state index >= 15 is 0 Å². The van der Waals surface area contributed by atoms with Gasteiger partial charge in [0.2, 0.25) is 15.6 Å². The molecule has 0 spiro atoms. The number of carbonyl (C=O) groups is 1. The largest absolute Gasteiger partial charge is 0.497 e. The van der Waals surface area contributed by atoms with Gasteiger partial charge >= 0.3 is 0 Å². The number of rotatable bonds is 5. The molecule has 0 saturated heterocycles. The Labute approximate surface area is 174 Å². The summed E-state index contributed by atoms with van der Waals surface area (Å²) in [7, 11) is -0.891. The Balaban J connectivity index is 1.85. The predicted molar refractivity (Wildman–Crippen MR) is 114 cm³/mol. The molecule has 0 unspecified atom stereocenters. The first-order chi connectivity index (χ1) is 14.5. The number of Topliss-reactive ketones (excluding diaryl/α,β-unsaturated/α-hetero) is 1. The number of nitrogens with zero attached hydrogens (tertiary/aromatic N) is 1. The minimum atomic E-state index is -3.99. The van der Waals surface area contributed by atoms with Gasteiger partial charge in [-0.25, -0.2) is 8.42 Å². The average molecular weight is 421 g/mol. The fourth-order valence-corrected chi connectivity index (χ4v) is 4.82. The number of ether oxygens (including phenoxy) is 2. The third kappa shape index (κ3) is 3.33. The van der Waals surface area contributed by atoms with E-state index in [0.717, 1.165) is 0 Å². The lowest BCUT2D eigenvalue weighted by Gasteiger charge is -2.29. The van der Waals surface area contributed by atoms with Crippen molar-refractivity contribution in [1.82, 2.24) is 0 Å². The lowest BCUT2D eigenvalue weighted by atomic mass is 10.1. The summed E-state index contributed by atoms with van der Waals surface area (Å²) in [6, 6.07) is 20.1. The summed E-state index contributed by atoms with van der Waals surface area (Å²) in [5.41, 5.74) is 1.45. The number of ketones is 1. The Morgan fingerprint density at radius 1 is 0.800 bits per heavy atom.